The number of rotatable bonds is 8. The Labute approximate surface area is 182 Å². The van der Waals surface area contributed by atoms with E-state index in [-0.39, 0.29) is 12.6 Å². The van der Waals surface area contributed by atoms with Gasteiger partial charge in [-0.25, -0.2) is 10.3 Å². The average Bonchev–Trinajstić information content (AvgIpc) is 3.26. The van der Waals surface area contributed by atoms with Crippen LogP contribution in [0.15, 0.2) is 0 Å². The fraction of sp³-hybridized carbons (Fsp3) is 0.889. The number of hydrogen-bond acceptors (Lipinski definition) is 8. The highest BCUT2D eigenvalue weighted by atomic mass is 32.3. The Hall–Kier alpha value is -1.51. The molecule has 31 heavy (non-hydrogen) atoms. The number of likely N-dealkylation sites (tertiary alicyclic amines) is 1. The summed E-state index contributed by atoms with van der Waals surface area (Å²) in [6.45, 7) is 4.88. The number of fused-ring (bicyclic) bond motifs is 2. The Morgan fingerprint density at radius 1 is 1.23 bits per heavy atom. The highest BCUT2D eigenvalue weighted by Crippen LogP contribution is 2.30. The minimum absolute atomic E-state index is 0.148. The van der Waals surface area contributed by atoms with Crippen molar-refractivity contribution in [2.75, 3.05) is 39.3 Å². The van der Waals surface area contributed by atoms with Gasteiger partial charge in [-0.3, -0.25) is 14.2 Å². The molecule has 2 bridgehead atoms. The zero-order chi connectivity index (χ0) is 22.0. The molecule has 0 aliphatic carbocycles. The van der Waals surface area contributed by atoms with Crippen molar-refractivity contribution >= 4 is 22.3 Å². The molecule has 4 saturated heterocycles. The molecule has 0 aromatic rings. The first-order chi connectivity index (χ1) is 14.8. The molecule has 13 heteroatoms. The van der Waals surface area contributed by atoms with Gasteiger partial charge in [-0.1, -0.05) is 6.42 Å². The van der Waals surface area contributed by atoms with Crippen LogP contribution in [0, 0.1) is 5.92 Å². The molecular weight excluding hydrogens is 430 g/mol. The fourth-order valence-electron chi connectivity index (χ4n) is 5.06. The molecular formula is C18H31N5O7S. The van der Waals surface area contributed by atoms with Crippen molar-refractivity contribution in [3.8, 4) is 0 Å². The molecule has 3 amide bonds. The maximum atomic E-state index is 12.5. The van der Waals surface area contributed by atoms with Crippen LogP contribution < -0.4 is 10.8 Å². The van der Waals surface area contributed by atoms with Crippen LogP contribution in [0.25, 0.3) is 0 Å². The Balaban J connectivity index is 1.19. The lowest BCUT2D eigenvalue weighted by molar-refractivity contribution is -0.139. The molecule has 0 saturated carbocycles. The van der Waals surface area contributed by atoms with Gasteiger partial charge in [0.05, 0.1) is 12.6 Å². The molecule has 12 nitrogen and oxygen atoms in total. The summed E-state index contributed by atoms with van der Waals surface area (Å²) in [5.74, 6) is 0.122. The minimum atomic E-state index is -4.81. The summed E-state index contributed by atoms with van der Waals surface area (Å²) in [5, 5.41) is 4.06. The Morgan fingerprint density at radius 2 is 2.00 bits per heavy atom. The molecule has 3 N–H and O–H groups in total. The number of nitrogens with one attached hydrogen (secondary N) is 2. The molecule has 4 aliphatic rings. The van der Waals surface area contributed by atoms with Crippen LogP contribution in [0.4, 0.5) is 4.79 Å². The number of carbonyl (C=O) groups excluding carboxylic acids is 2. The molecule has 0 aromatic carbocycles. The molecule has 0 unspecified atom stereocenters. The van der Waals surface area contributed by atoms with Crippen molar-refractivity contribution in [3.63, 3.8) is 0 Å². The lowest BCUT2D eigenvalue weighted by atomic mass is 10.0. The Bertz CT molecular complexity index is 775. The molecule has 4 atom stereocenters. The minimum Gasteiger partial charge on any atom is -0.311 e. The van der Waals surface area contributed by atoms with E-state index in [0.29, 0.717) is 30.4 Å². The van der Waals surface area contributed by atoms with Gasteiger partial charge < -0.3 is 15.1 Å². The smallest absolute Gasteiger partial charge is 0.311 e. The topological polar surface area (TPSA) is 141 Å². The van der Waals surface area contributed by atoms with Gasteiger partial charge in [-0.15, -0.1) is 4.28 Å². The number of hydrogen-bond donors (Lipinski definition) is 3. The third kappa shape index (κ3) is 5.65. The van der Waals surface area contributed by atoms with Crippen molar-refractivity contribution in [1.82, 2.24) is 25.7 Å². The van der Waals surface area contributed by atoms with E-state index in [1.807, 2.05) is 0 Å². The fourth-order valence-corrected chi connectivity index (χ4v) is 5.45. The van der Waals surface area contributed by atoms with Gasteiger partial charge in [0.15, 0.2) is 0 Å². The highest BCUT2D eigenvalue weighted by Gasteiger charge is 2.49. The first-order valence-electron chi connectivity index (χ1n) is 10.9. The molecule has 4 heterocycles. The lowest BCUT2D eigenvalue weighted by Crippen LogP contribution is -2.50. The van der Waals surface area contributed by atoms with E-state index in [1.54, 1.807) is 0 Å². The van der Waals surface area contributed by atoms with Crippen molar-refractivity contribution < 1.29 is 31.7 Å². The number of hydroxylamine groups is 3. The van der Waals surface area contributed by atoms with E-state index in [2.05, 4.69) is 20.0 Å². The van der Waals surface area contributed by atoms with Crippen LogP contribution in [0.1, 0.15) is 38.5 Å². The molecule has 4 rings (SSSR count). The SMILES string of the molecule is O=C(NOC[C@H]1C[C@H](CN2CCCCC2)CN1)[C@@H]1CC[C@@H]2CN1C(=O)N2OS(=O)(=O)O. The monoisotopic (exact) mass is 461 g/mol. The summed E-state index contributed by atoms with van der Waals surface area (Å²) in [6.07, 6.45) is 5.59. The van der Waals surface area contributed by atoms with Crippen LogP contribution in [-0.4, -0.2) is 97.2 Å². The summed E-state index contributed by atoms with van der Waals surface area (Å²) < 4.78 is 35.1. The molecule has 0 aromatic heterocycles. The van der Waals surface area contributed by atoms with Gasteiger partial charge in [0, 0.05) is 19.1 Å². The van der Waals surface area contributed by atoms with Crippen LogP contribution in [0.5, 0.6) is 0 Å². The number of piperidine rings is 2. The van der Waals surface area contributed by atoms with Crippen molar-refractivity contribution in [2.24, 2.45) is 5.92 Å². The summed E-state index contributed by atoms with van der Waals surface area (Å²) in [4.78, 5) is 34.1. The third-order valence-corrected chi connectivity index (χ3v) is 6.88. The highest BCUT2D eigenvalue weighted by molar-refractivity contribution is 7.80. The van der Waals surface area contributed by atoms with E-state index in [1.165, 1.54) is 37.3 Å². The zero-order valence-corrected chi connectivity index (χ0v) is 18.3. The predicted octanol–water partition coefficient (Wildman–Crippen LogP) is -0.499. The maximum absolute atomic E-state index is 12.5. The summed E-state index contributed by atoms with van der Waals surface area (Å²) in [7, 11) is -4.81. The molecule has 0 spiro atoms. The number of carbonyl (C=O) groups is 2. The largest absolute Gasteiger partial charge is 0.418 e. The number of nitrogens with zero attached hydrogens (tertiary/aromatic N) is 3. The van der Waals surface area contributed by atoms with Gasteiger partial charge in [0.25, 0.3) is 5.91 Å². The Kier molecular flexibility index (Phi) is 6.98. The van der Waals surface area contributed by atoms with E-state index in [4.69, 9.17) is 9.39 Å². The second-order valence-corrected chi connectivity index (χ2v) is 9.86. The van der Waals surface area contributed by atoms with Gasteiger partial charge in [-0.05, 0) is 57.7 Å². The van der Waals surface area contributed by atoms with Crippen molar-refractivity contribution in [2.45, 2.75) is 56.7 Å². The first-order valence-corrected chi connectivity index (χ1v) is 12.3. The Morgan fingerprint density at radius 3 is 2.74 bits per heavy atom. The zero-order valence-electron chi connectivity index (χ0n) is 17.4. The van der Waals surface area contributed by atoms with Crippen LogP contribution in [0.3, 0.4) is 0 Å². The average molecular weight is 462 g/mol. The summed E-state index contributed by atoms with van der Waals surface area (Å²) in [6, 6.07) is -1.91. The van der Waals surface area contributed by atoms with Gasteiger partial charge in [0.2, 0.25) is 0 Å². The van der Waals surface area contributed by atoms with Gasteiger partial charge in [0.1, 0.15) is 6.04 Å². The summed E-state index contributed by atoms with van der Waals surface area (Å²) >= 11 is 0. The number of urea groups is 1. The second-order valence-electron chi connectivity index (χ2n) is 8.86. The van der Waals surface area contributed by atoms with Crippen molar-refractivity contribution in [1.29, 1.82) is 0 Å². The molecule has 4 fully saturated rings. The van der Waals surface area contributed by atoms with Gasteiger partial charge in [-0.2, -0.15) is 13.5 Å². The first kappa shape index (κ1) is 22.7. The van der Waals surface area contributed by atoms with Crippen LogP contribution in [-0.2, 0) is 24.3 Å². The quantitative estimate of drug-likeness (QED) is 0.322. The maximum Gasteiger partial charge on any atom is 0.418 e. The normalized spacial score (nSPS) is 32.0. The van der Waals surface area contributed by atoms with Crippen LogP contribution in [0.2, 0.25) is 0 Å². The predicted molar refractivity (Wildman–Crippen MR) is 108 cm³/mol. The summed E-state index contributed by atoms with van der Waals surface area (Å²) in [5.41, 5.74) is 2.43. The second kappa shape index (κ2) is 9.55. The standard InChI is InChI=1S/C18H31N5O7S/c24-17(16-5-4-15-11-22(16)18(25)23(15)30-31(26,27)28)20-29-12-14-8-13(9-19-14)10-21-6-2-1-3-7-21/h13-16,19H,1-12H2,(H,20,24)(H,26,27,28)/t13-,14+,15+,16-/m0/s1. The van der Waals surface area contributed by atoms with E-state index >= 15 is 0 Å². The molecule has 4 aliphatic heterocycles. The van der Waals surface area contributed by atoms with Gasteiger partial charge >= 0.3 is 16.4 Å². The van der Waals surface area contributed by atoms with Crippen LogP contribution >= 0.6 is 0 Å². The number of amides is 3. The lowest BCUT2D eigenvalue weighted by Gasteiger charge is -2.29. The molecule has 176 valence electrons. The van der Waals surface area contributed by atoms with E-state index < -0.39 is 34.4 Å². The third-order valence-electron chi connectivity index (χ3n) is 6.54. The molecule has 0 radical (unpaired) electrons. The van der Waals surface area contributed by atoms with Crippen molar-refractivity contribution in [3.05, 3.63) is 0 Å². The van der Waals surface area contributed by atoms with E-state index in [9.17, 15) is 18.0 Å². The van der Waals surface area contributed by atoms with E-state index in [0.717, 1.165) is 19.5 Å².